The number of rotatable bonds is 3. The van der Waals surface area contributed by atoms with Crippen molar-refractivity contribution >= 4 is 5.69 Å². The first-order chi connectivity index (χ1) is 12.7. The molecule has 0 unspecified atom stereocenters. The number of allylic oxidation sites excluding steroid dienone is 1. The molecule has 26 heavy (non-hydrogen) atoms. The van der Waals surface area contributed by atoms with Crippen LogP contribution in [0.3, 0.4) is 0 Å². The first-order valence-corrected chi connectivity index (χ1v) is 8.08. The highest BCUT2D eigenvalue weighted by molar-refractivity contribution is 5.51. The summed E-state index contributed by atoms with van der Waals surface area (Å²) < 4.78 is 5.30. The maximum Gasteiger partial charge on any atom is 0.164 e. The van der Waals surface area contributed by atoms with Crippen molar-refractivity contribution in [2.75, 3.05) is 11.9 Å². The van der Waals surface area contributed by atoms with E-state index in [4.69, 9.17) is 4.74 Å². The van der Waals surface area contributed by atoms with Crippen molar-refractivity contribution in [2.24, 2.45) is 0 Å². The van der Waals surface area contributed by atoms with Crippen molar-refractivity contribution < 1.29 is 9.84 Å². The summed E-state index contributed by atoms with van der Waals surface area (Å²) in [4.78, 5) is 0. The minimum atomic E-state index is 0.0690. The zero-order valence-corrected chi connectivity index (χ0v) is 14.1. The van der Waals surface area contributed by atoms with E-state index in [1.807, 2.05) is 54.6 Å². The number of anilines is 1. The first kappa shape index (κ1) is 17.0. The third-order valence-electron chi connectivity index (χ3n) is 3.64. The quantitative estimate of drug-likeness (QED) is 0.816. The maximum absolute atomic E-state index is 9.90. The monoisotopic (exact) mass is 339 g/mol. The Balaban J connectivity index is 1.58. The average molecular weight is 339 g/mol. The fourth-order valence-electron chi connectivity index (χ4n) is 2.22. The molecular weight excluding hydrogens is 322 g/mol. The van der Waals surface area contributed by atoms with E-state index in [0.29, 0.717) is 17.9 Å². The van der Waals surface area contributed by atoms with Gasteiger partial charge >= 0.3 is 0 Å². The van der Waals surface area contributed by atoms with E-state index in [1.54, 1.807) is 6.08 Å². The maximum atomic E-state index is 9.90. The van der Waals surface area contributed by atoms with E-state index < -0.39 is 0 Å². The molecule has 126 valence electrons. The zero-order chi connectivity index (χ0) is 18.2. The number of aliphatic hydroxyl groups is 1. The lowest BCUT2D eigenvalue weighted by atomic mass is 10.2. The van der Waals surface area contributed by atoms with Gasteiger partial charge in [0, 0.05) is 22.4 Å². The fourth-order valence-corrected chi connectivity index (χ4v) is 2.22. The molecule has 0 aromatic heterocycles. The van der Waals surface area contributed by atoms with Crippen molar-refractivity contribution in [3.63, 3.8) is 0 Å². The van der Waals surface area contributed by atoms with Gasteiger partial charge < -0.3 is 15.2 Å². The molecule has 0 bridgehead atoms. The summed E-state index contributed by atoms with van der Waals surface area (Å²) in [7, 11) is 0. The molecule has 1 aliphatic rings. The van der Waals surface area contributed by atoms with E-state index >= 15 is 0 Å². The molecule has 3 nitrogen and oxygen atoms in total. The van der Waals surface area contributed by atoms with Crippen molar-refractivity contribution in [3.8, 4) is 23.7 Å². The molecule has 3 heteroatoms. The van der Waals surface area contributed by atoms with Gasteiger partial charge in [0.1, 0.15) is 0 Å². The molecule has 0 fully saturated rings. The van der Waals surface area contributed by atoms with Gasteiger partial charge in [-0.05, 0) is 54.3 Å². The Bertz CT molecular complexity index is 976. The van der Waals surface area contributed by atoms with Crippen LogP contribution in [0.25, 0.3) is 0 Å². The van der Waals surface area contributed by atoms with Crippen molar-refractivity contribution in [2.45, 2.75) is 0 Å². The van der Waals surface area contributed by atoms with Crippen LogP contribution in [0.15, 0.2) is 90.6 Å². The minimum absolute atomic E-state index is 0.0690. The van der Waals surface area contributed by atoms with Gasteiger partial charge in [-0.3, -0.25) is 0 Å². The number of hydrogen-bond acceptors (Lipinski definition) is 3. The van der Waals surface area contributed by atoms with Crippen LogP contribution in [0.5, 0.6) is 0 Å². The molecule has 3 rings (SSSR count). The molecule has 0 amide bonds. The summed E-state index contributed by atoms with van der Waals surface area (Å²) in [6, 6.07) is 17.4. The van der Waals surface area contributed by atoms with Crippen LogP contribution in [0.1, 0.15) is 11.1 Å². The Morgan fingerprint density at radius 2 is 1.58 bits per heavy atom. The predicted octanol–water partition coefficient (Wildman–Crippen LogP) is 4.37. The highest BCUT2D eigenvalue weighted by atomic mass is 16.5. The van der Waals surface area contributed by atoms with Crippen molar-refractivity contribution in [1.29, 1.82) is 0 Å². The SMILES string of the molecule is C=C1C=COC(CNc2ccc(C#CC#Cc3ccccc3)cc2)=C1O. The molecule has 1 aliphatic heterocycles. The third-order valence-corrected chi connectivity index (χ3v) is 3.64. The van der Waals surface area contributed by atoms with Gasteiger partial charge in [-0.15, -0.1) is 0 Å². The largest absolute Gasteiger partial charge is 0.504 e. The molecule has 0 radical (unpaired) electrons. The number of benzene rings is 2. The number of ether oxygens (including phenoxy) is 1. The highest BCUT2D eigenvalue weighted by Gasteiger charge is 2.12. The summed E-state index contributed by atoms with van der Waals surface area (Å²) in [5, 5.41) is 13.1. The second-order valence-corrected chi connectivity index (χ2v) is 5.51. The topological polar surface area (TPSA) is 41.5 Å². The molecule has 0 atom stereocenters. The molecule has 0 aliphatic carbocycles. The molecule has 0 saturated heterocycles. The summed E-state index contributed by atoms with van der Waals surface area (Å²) in [6.45, 7) is 4.10. The van der Waals surface area contributed by atoms with Gasteiger partial charge in [0.15, 0.2) is 11.5 Å². The second kappa shape index (κ2) is 8.33. The Morgan fingerprint density at radius 3 is 2.27 bits per heavy atom. The minimum Gasteiger partial charge on any atom is -0.504 e. The summed E-state index contributed by atoms with van der Waals surface area (Å²) in [5.74, 6) is 12.2. The fraction of sp³-hybridized carbons (Fsp3) is 0.0435. The van der Waals surface area contributed by atoms with E-state index in [-0.39, 0.29) is 5.76 Å². The molecule has 0 saturated carbocycles. The van der Waals surface area contributed by atoms with Crippen LogP contribution in [0.2, 0.25) is 0 Å². The smallest absolute Gasteiger partial charge is 0.164 e. The zero-order valence-electron chi connectivity index (χ0n) is 14.1. The highest BCUT2D eigenvalue weighted by Crippen LogP contribution is 2.19. The lowest BCUT2D eigenvalue weighted by Crippen LogP contribution is -2.11. The van der Waals surface area contributed by atoms with Crippen LogP contribution in [-0.4, -0.2) is 11.7 Å². The Labute approximate surface area is 153 Å². The molecule has 2 aromatic rings. The molecule has 2 aromatic carbocycles. The molecular formula is C23H17NO2. The van der Waals surface area contributed by atoms with E-state index in [0.717, 1.165) is 16.8 Å². The van der Waals surface area contributed by atoms with E-state index in [2.05, 4.69) is 35.6 Å². The van der Waals surface area contributed by atoms with Crippen molar-refractivity contribution in [3.05, 3.63) is 102 Å². The third kappa shape index (κ3) is 4.60. The summed E-state index contributed by atoms with van der Waals surface area (Å²) >= 11 is 0. The molecule has 1 heterocycles. The Hall–Kier alpha value is -3.82. The standard InChI is InChI=1S/C23H17NO2/c1-18-15-16-26-22(23(18)25)17-24-21-13-11-20(12-14-21)10-6-5-9-19-7-3-2-4-8-19/h2-4,7-8,11-16,24-25H,1,17H2. The van der Waals surface area contributed by atoms with Crippen LogP contribution < -0.4 is 5.32 Å². The summed E-state index contributed by atoms with van der Waals surface area (Å²) in [6.07, 6.45) is 3.13. The average Bonchev–Trinajstić information content (AvgIpc) is 2.68. The van der Waals surface area contributed by atoms with E-state index in [1.165, 1.54) is 6.26 Å². The van der Waals surface area contributed by atoms with Gasteiger partial charge in [0.25, 0.3) is 0 Å². The van der Waals surface area contributed by atoms with Gasteiger partial charge in [0.05, 0.1) is 12.8 Å². The lowest BCUT2D eigenvalue weighted by Gasteiger charge is -2.15. The van der Waals surface area contributed by atoms with Crippen molar-refractivity contribution in [1.82, 2.24) is 0 Å². The molecule has 0 spiro atoms. The Kier molecular flexibility index (Phi) is 5.45. The second-order valence-electron chi connectivity index (χ2n) is 5.51. The number of hydrogen-bond donors (Lipinski definition) is 2. The number of aliphatic hydroxyl groups excluding tert-OH is 1. The predicted molar refractivity (Wildman–Crippen MR) is 104 cm³/mol. The van der Waals surface area contributed by atoms with Crippen LogP contribution >= 0.6 is 0 Å². The van der Waals surface area contributed by atoms with E-state index in [9.17, 15) is 5.11 Å². The molecule has 2 N–H and O–H groups in total. The lowest BCUT2D eigenvalue weighted by molar-refractivity contribution is 0.291. The Morgan fingerprint density at radius 1 is 0.923 bits per heavy atom. The summed E-state index contributed by atoms with van der Waals surface area (Å²) in [5.41, 5.74) is 3.26. The van der Waals surface area contributed by atoms with Gasteiger partial charge in [-0.2, -0.15) is 0 Å². The normalized spacial score (nSPS) is 12.4. The van der Waals surface area contributed by atoms with Crippen LogP contribution in [-0.2, 0) is 4.74 Å². The van der Waals surface area contributed by atoms with Gasteiger partial charge in [-0.25, -0.2) is 0 Å². The first-order valence-electron chi connectivity index (χ1n) is 8.08. The van der Waals surface area contributed by atoms with Crippen LogP contribution in [0, 0.1) is 23.7 Å². The van der Waals surface area contributed by atoms with Gasteiger partial charge in [-0.1, -0.05) is 36.6 Å². The van der Waals surface area contributed by atoms with Gasteiger partial charge in [0.2, 0.25) is 0 Å². The number of nitrogens with one attached hydrogen (secondary N) is 1. The van der Waals surface area contributed by atoms with Crippen LogP contribution in [0.4, 0.5) is 5.69 Å².